The molecule has 4 aromatic carbocycles. The first-order valence-electron chi connectivity index (χ1n) is 14.3. The first-order valence-corrected chi connectivity index (χ1v) is 15.8. The minimum absolute atomic E-state index is 0.0675. The summed E-state index contributed by atoms with van der Waals surface area (Å²) in [6.45, 7) is 3.21. The molecule has 3 amide bonds. The smallest absolute Gasteiger partial charge is 0.264 e. The Balaban J connectivity index is 1.42. The maximum atomic E-state index is 14.2. The van der Waals surface area contributed by atoms with Crippen molar-refractivity contribution < 1.29 is 27.2 Å². The number of hydrogen-bond acceptors (Lipinski definition) is 6. The van der Waals surface area contributed by atoms with E-state index in [0.29, 0.717) is 34.4 Å². The largest absolute Gasteiger partial charge is 0.343 e. The Morgan fingerprint density at radius 3 is 2.31 bits per heavy atom. The number of anilines is 1. The first-order chi connectivity index (χ1) is 21.3. The number of hydrogen-bond donors (Lipinski definition) is 3. The highest BCUT2D eigenvalue weighted by molar-refractivity contribution is 7.90. The molecule has 9 nitrogen and oxygen atoms in total. The van der Waals surface area contributed by atoms with Crippen molar-refractivity contribution in [3.8, 4) is 11.1 Å². The molecule has 0 saturated carbocycles. The van der Waals surface area contributed by atoms with Crippen LogP contribution >= 0.6 is 0 Å². The Morgan fingerprint density at radius 2 is 1.62 bits per heavy atom. The molecule has 0 saturated heterocycles. The van der Waals surface area contributed by atoms with Gasteiger partial charge in [-0.1, -0.05) is 60.7 Å². The number of carbonyl (C=O) groups excluding carboxylic acids is 3. The number of halogens is 1. The van der Waals surface area contributed by atoms with Gasteiger partial charge in [-0.05, 0) is 79.8 Å². The molecule has 0 fully saturated rings. The van der Waals surface area contributed by atoms with Gasteiger partial charge in [0.25, 0.3) is 15.9 Å². The Labute approximate surface area is 261 Å². The Bertz CT molecular complexity index is 1860. The molecular weight excluding hydrogens is 595 g/mol. The Morgan fingerprint density at radius 1 is 0.956 bits per heavy atom. The van der Waals surface area contributed by atoms with E-state index in [9.17, 15) is 27.2 Å². The van der Waals surface area contributed by atoms with Gasteiger partial charge in [0.05, 0.1) is 17.0 Å². The molecule has 4 aromatic rings. The van der Waals surface area contributed by atoms with Gasteiger partial charge >= 0.3 is 0 Å². The second kappa shape index (κ2) is 12.6. The normalized spacial score (nSPS) is 15.2. The standard InChI is InChI=1S/C34H33FN4O5S/c1-34(2,36)33(42)37-28-18-16-25-20-26(35)17-19-29(25)39(32(28)41)21-22-12-14-23(15-13-22)27-10-6-7-11-30(27)45(43,44)38-31(40)24-8-4-3-5-9-24/h3-15,17,19-20,28H,16,18,21,36H2,1-2H3,(H,37,42)(H,38,40)/t28-/m1/s1. The number of nitrogens with one attached hydrogen (secondary N) is 2. The number of nitrogens with two attached hydrogens (primary N) is 1. The molecule has 1 aliphatic heterocycles. The third kappa shape index (κ3) is 7.11. The predicted octanol–water partition coefficient (Wildman–Crippen LogP) is 4.31. The van der Waals surface area contributed by atoms with E-state index in [4.69, 9.17) is 5.73 Å². The molecule has 1 aliphatic rings. The van der Waals surface area contributed by atoms with E-state index >= 15 is 0 Å². The zero-order valence-electron chi connectivity index (χ0n) is 24.8. The summed E-state index contributed by atoms with van der Waals surface area (Å²) in [5, 5.41) is 2.75. The molecule has 0 unspecified atom stereocenters. The van der Waals surface area contributed by atoms with Crippen molar-refractivity contribution >= 4 is 33.4 Å². The molecule has 0 aromatic heterocycles. The van der Waals surface area contributed by atoms with Crippen LogP contribution < -0.4 is 20.7 Å². The number of rotatable bonds is 8. The number of amides is 3. The Hall–Kier alpha value is -4.87. The van der Waals surface area contributed by atoms with Crippen LogP contribution in [0.15, 0.2) is 102 Å². The predicted molar refractivity (Wildman–Crippen MR) is 169 cm³/mol. The van der Waals surface area contributed by atoms with E-state index in [0.717, 1.165) is 0 Å². The molecule has 1 heterocycles. The van der Waals surface area contributed by atoms with Gasteiger partial charge in [0.1, 0.15) is 11.9 Å². The summed E-state index contributed by atoms with van der Waals surface area (Å²) < 4.78 is 42.9. The van der Waals surface area contributed by atoms with Crippen LogP contribution in [0.2, 0.25) is 0 Å². The first kappa shape index (κ1) is 31.6. The topological polar surface area (TPSA) is 139 Å². The highest BCUT2D eigenvalue weighted by Crippen LogP contribution is 2.31. The molecule has 1 atom stereocenters. The second-order valence-corrected chi connectivity index (χ2v) is 13.1. The molecule has 5 rings (SSSR count). The van der Waals surface area contributed by atoms with Crippen molar-refractivity contribution in [3.05, 3.63) is 120 Å². The average molecular weight is 629 g/mol. The number of aryl methyl sites for hydroxylation is 1. The van der Waals surface area contributed by atoms with Gasteiger partial charge in [-0.15, -0.1) is 0 Å². The van der Waals surface area contributed by atoms with Crippen molar-refractivity contribution in [2.45, 2.75) is 49.7 Å². The van der Waals surface area contributed by atoms with Gasteiger partial charge in [-0.25, -0.2) is 17.5 Å². The average Bonchev–Trinajstić information content (AvgIpc) is 3.13. The molecule has 0 aliphatic carbocycles. The van der Waals surface area contributed by atoms with Crippen molar-refractivity contribution in [1.82, 2.24) is 10.0 Å². The minimum atomic E-state index is -4.22. The summed E-state index contributed by atoms with van der Waals surface area (Å²) in [7, 11) is -4.22. The van der Waals surface area contributed by atoms with Gasteiger partial charge in [0.2, 0.25) is 11.8 Å². The van der Waals surface area contributed by atoms with E-state index in [1.54, 1.807) is 80.6 Å². The van der Waals surface area contributed by atoms with Gasteiger partial charge in [0, 0.05) is 16.8 Å². The lowest BCUT2D eigenvalue weighted by atomic mass is 10.0. The van der Waals surface area contributed by atoms with Crippen LogP contribution in [-0.4, -0.2) is 37.7 Å². The number of sulfonamides is 1. The summed E-state index contributed by atoms with van der Waals surface area (Å²) in [5.41, 5.74) is 7.82. The van der Waals surface area contributed by atoms with Crippen LogP contribution in [0, 0.1) is 5.82 Å². The summed E-state index contributed by atoms with van der Waals surface area (Å²) in [5.74, 6) is -2.00. The monoisotopic (exact) mass is 628 g/mol. The highest BCUT2D eigenvalue weighted by atomic mass is 32.2. The fourth-order valence-corrected chi connectivity index (χ4v) is 6.33. The zero-order chi connectivity index (χ0) is 32.4. The quantitative estimate of drug-likeness (QED) is 0.266. The van der Waals surface area contributed by atoms with Crippen molar-refractivity contribution in [3.63, 3.8) is 0 Å². The summed E-state index contributed by atoms with van der Waals surface area (Å²) in [6, 6.07) is 24.8. The molecule has 232 valence electrons. The van der Waals surface area contributed by atoms with Crippen LogP contribution in [0.4, 0.5) is 10.1 Å². The summed E-state index contributed by atoms with van der Waals surface area (Å²) in [4.78, 5) is 40.5. The van der Waals surface area contributed by atoms with Gasteiger partial charge in [-0.3, -0.25) is 14.4 Å². The molecule has 0 radical (unpaired) electrons. The summed E-state index contributed by atoms with van der Waals surface area (Å²) in [6.07, 6.45) is 0.648. The van der Waals surface area contributed by atoms with E-state index in [-0.39, 0.29) is 29.3 Å². The maximum Gasteiger partial charge on any atom is 0.264 e. The third-order valence-corrected chi connectivity index (χ3v) is 8.92. The van der Waals surface area contributed by atoms with Gasteiger partial charge in [0.15, 0.2) is 0 Å². The lowest BCUT2D eigenvalue weighted by molar-refractivity contribution is -0.130. The van der Waals surface area contributed by atoms with E-state index in [1.807, 2.05) is 0 Å². The van der Waals surface area contributed by atoms with Crippen LogP contribution in [0.5, 0.6) is 0 Å². The zero-order valence-corrected chi connectivity index (χ0v) is 25.6. The lowest BCUT2D eigenvalue weighted by Crippen LogP contribution is -2.56. The fourth-order valence-electron chi connectivity index (χ4n) is 5.13. The number of benzene rings is 4. The van der Waals surface area contributed by atoms with E-state index in [2.05, 4.69) is 10.0 Å². The van der Waals surface area contributed by atoms with Gasteiger partial charge < -0.3 is 16.0 Å². The molecule has 11 heteroatoms. The minimum Gasteiger partial charge on any atom is -0.343 e. The molecular formula is C34H33FN4O5S. The van der Waals surface area contributed by atoms with Crippen molar-refractivity contribution in [2.24, 2.45) is 5.73 Å². The SMILES string of the molecule is CC(C)(N)C(=O)N[C@@H]1CCc2cc(F)ccc2N(Cc2ccc(-c3ccccc3S(=O)(=O)NC(=O)c3ccccc3)cc2)C1=O. The second-order valence-electron chi connectivity index (χ2n) is 11.5. The molecule has 0 bridgehead atoms. The lowest BCUT2D eigenvalue weighted by Gasteiger charge is -2.28. The molecule has 4 N–H and O–H groups in total. The van der Waals surface area contributed by atoms with Crippen molar-refractivity contribution in [1.29, 1.82) is 0 Å². The molecule has 0 spiro atoms. The number of carbonyl (C=O) groups is 3. The van der Waals surface area contributed by atoms with Crippen LogP contribution in [0.1, 0.15) is 41.8 Å². The summed E-state index contributed by atoms with van der Waals surface area (Å²) >= 11 is 0. The Kier molecular flexibility index (Phi) is 8.85. The van der Waals surface area contributed by atoms with Crippen LogP contribution in [-0.2, 0) is 32.6 Å². The van der Waals surface area contributed by atoms with Crippen LogP contribution in [0.25, 0.3) is 11.1 Å². The number of fused-ring (bicyclic) bond motifs is 1. The van der Waals surface area contributed by atoms with Crippen LogP contribution in [0.3, 0.4) is 0 Å². The highest BCUT2D eigenvalue weighted by Gasteiger charge is 2.34. The van der Waals surface area contributed by atoms with E-state index < -0.39 is 39.2 Å². The third-order valence-electron chi connectivity index (χ3n) is 7.53. The molecule has 45 heavy (non-hydrogen) atoms. The number of nitrogens with zero attached hydrogens (tertiary/aromatic N) is 1. The van der Waals surface area contributed by atoms with Crippen molar-refractivity contribution in [2.75, 3.05) is 4.90 Å². The fraction of sp³-hybridized carbons (Fsp3) is 0.206. The van der Waals surface area contributed by atoms with Gasteiger partial charge in [-0.2, -0.15) is 0 Å². The van der Waals surface area contributed by atoms with E-state index in [1.165, 1.54) is 35.2 Å². The maximum absolute atomic E-state index is 14.2.